The van der Waals surface area contributed by atoms with E-state index in [1.165, 1.54) is 4.68 Å². The smallest absolute Gasteiger partial charge is 0.244 e. The molecule has 0 radical (unpaired) electrons. The second kappa shape index (κ2) is 8.10. The third kappa shape index (κ3) is 3.87. The van der Waals surface area contributed by atoms with Gasteiger partial charge < -0.3 is 10.6 Å². The predicted octanol–water partition coefficient (Wildman–Crippen LogP) is 1.69. The van der Waals surface area contributed by atoms with Crippen LogP contribution in [0.25, 0.3) is 0 Å². The molecule has 1 unspecified atom stereocenters. The van der Waals surface area contributed by atoms with Gasteiger partial charge in [-0.25, -0.2) is 8.42 Å². The molecule has 3 rings (SSSR count). The second-order valence-corrected chi connectivity index (χ2v) is 8.56. The van der Waals surface area contributed by atoms with Crippen molar-refractivity contribution in [1.82, 2.24) is 14.5 Å². The average Bonchev–Trinajstić information content (AvgIpc) is 2.86. The highest BCUT2D eigenvalue weighted by molar-refractivity contribution is 7.89. The van der Waals surface area contributed by atoms with Crippen LogP contribution in [-0.2, 0) is 28.3 Å². The number of aryl methyl sites for hydroxylation is 2. The van der Waals surface area contributed by atoms with Gasteiger partial charge in [-0.3, -0.25) is 9.48 Å². The summed E-state index contributed by atoms with van der Waals surface area (Å²) in [6, 6.07) is 4.55. The van der Waals surface area contributed by atoms with Crippen LogP contribution in [0.2, 0.25) is 0 Å². The van der Waals surface area contributed by atoms with Crippen molar-refractivity contribution in [1.29, 1.82) is 0 Å². The Morgan fingerprint density at radius 3 is 2.61 bits per heavy atom. The number of halogens is 1. The van der Waals surface area contributed by atoms with Crippen LogP contribution in [0.5, 0.6) is 0 Å². The quantitative estimate of drug-likeness (QED) is 0.721. The first-order chi connectivity index (χ1) is 12.6. The Hall–Kier alpha value is -2.10. The molecule has 0 fully saturated rings. The summed E-state index contributed by atoms with van der Waals surface area (Å²) in [6.45, 7) is 5.41. The van der Waals surface area contributed by atoms with Gasteiger partial charge in [0.05, 0.1) is 17.4 Å². The Bertz CT molecular complexity index is 1000. The number of fused-ring (bicyclic) bond motifs is 1. The lowest BCUT2D eigenvalue weighted by molar-refractivity contribution is -0.119. The maximum absolute atomic E-state index is 13.0. The van der Waals surface area contributed by atoms with Gasteiger partial charge in [0.2, 0.25) is 15.9 Å². The minimum Gasteiger partial charge on any atom is -0.398 e. The highest BCUT2D eigenvalue weighted by Gasteiger charge is 2.32. The number of rotatable bonds is 4. The van der Waals surface area contributed by atoms with Gasteiger partial charge in [0.15, 0.2) is 0 Å². The number of sulfonamides is 1. The van der Waals surface area contributed by atoms with Crippen LogP contribution in [0, 0.1) is 13.8 Å². The van der Waals surface area contributed by atoms with Crippen molar-refractivity contribution in [3.63, 3.8) is 0 Å². The van der Waals surface area contributed by atoms with Crippen molar-refractivity contribution in [3.05, 3.63) is 35.2 Å². The molecule has 1 aromatic heterocycles. The molecule has 0 spiro atoms. The number of aromatic nitrogens is 2. The molecule has 3 N–H and O–H groups in total. The highest BCUT2D eigenvalue weighted by atomic mass is 35.5. The molecule has 0 bridgehead atoms. The van der Waals surface area contributed by atoms with Crippen LogP contribution in [0.4, 0.5) is 11.4 Å². The summed E-state index contributed by atoms with van der Waals surface area (Å²) in [7, 11) is -2.19. The minimum absolute atomic E-state index is 0. The molecule has 1 amide bonds. The summed E-state index contributed by atoms with van der Waals surface area (Å²) in [4.78, 5) is 14.7. The molecule has 8 nitrogen and oxygen atoms in total. The van der Waals surface area contributed by atoms with E-state index in [1.807, 2.05) is 12.1 Å². The van der Waals surface area contributed by atoms with Gasteiger partial charge in [-0.2, -0.15) is 9.82 Å². The Kier molecular flexibility index (Phi) is 6.42. The molecule has 1 aliphatic heterocycles. The van der Waals surface area contributed by atoms with Gasteiger partial charge >= 0.3 is 0 Å². The van der Waals surface area contributed by atoms with Crippen molar-refractivity contribution in [3.8, 4) is 0 Å². The van der Waals surface area contributed by atoms with Crippen LogP contribution in [0.3, 0.4) is 0 Å². The van der Waals surface area contributed by atoms with Crippen LogP contribution < -0.4 is 15.4 Å². The summed E-state index contributed by atoms with van der Waals surface area (Å²) in [6.07, 6.45) is 1.59. The molecule has 2 heterocycles. The minimum atomic E-state index is -3.87. The predicted molar refractivity (Wildman–Crippen MR) is 111 cm³/mol. The summed E-state index contributed by atoms with van der Waals surface area (Å²) in [5.41, 5.74) is 9.30. The molecule has 1 aromatic carbocycles. The van der Waals surface area contributed by atoms with Crippen LogP contribution in [0.15, 0.2) is 23.1 Å². The summed E-state index contributed by atoms with van der Waals surface area (Å²) in [5.74, 6) is -0.302. The first-order valence-corrected chi connectivity index (χ1v) is 10.3. The summed E-state index contributed by atoms with van der Waals surface area (Å²) in [5, 5.41) is 4.15. The Labute approximate surface area is 171 Å². The molecule has 1 aliphatic rings. The van der Waals surface area contributed by atoms with Gasteiger partial charge in [0.25, 0.3) is 0 Å². The number of anilines is 2. The van der Waals surface area contributed by atoms with Crippen molar-refractivity contribution >= 4 is 39.7 Å². The zero-order chi connectivity index (χ0) is 19.9. The average molecular weight is 428 g/mol. The monoisotopic (exact) mass is 427 g/mol. The van der Waals surface area contributed by atoms with Crippen molar-refractivity contribution in [2.75, 3.05) is 17.2 Å². The maximum atomic E-state index is 13.0. The number of nitrogens with zero attached hydrogens (tertiary/aromatic N) is 3. The molecule has 28 heavy (non-hydrogen) atoms. The molecule has 10 heteroatoms. The van der Waals surface area contributed by atoms with Crippen LogP contribution >= 0.6 is 12.4 Å². The van der Waals surface area contributed by atoms with E-state index in [2.05, 4.69) is 9.82 Å². The molecule has 0 saturated carbocycles. The van der Waals surface area contributed by atoms with Gasteiger partial charge in [-0.1, -0.05) is 6.07 Å². The van der Waals surface area contributed by atoms with Gasteiger partial charge in [0.1, 0.15) is 4.90 Å². The molecule has 154 valence electrons. The first-order valence-electron chi connectivity index (χ1n) is 8.84. The number of benzene rings is 1. The van der Waals surface area contributed by atoms with Gasteiger partial charge in [-0.15, -0.1) is 12.4 Å². The number of carbonyl (C=O) groups excluding carboxylic acids is 1. The van der Waals surface area contributed by atoms with E-state index >= 15 is 0 Å². The fourth-order valence-electron chi connectivity index (χ4n) is 3.60. The van der Waals surface area contributed by atoms with E-state index in [0.29, 0.717) is 23.6 Å². The zero-order valence-electron chi connectivity index (χ0n) is 16.4. The third-order valence-electron chi connectivity index (χ3n) is 4.97. The molecule has 1 atom stereocenters. The van der Waals surface area contributed by atoms with Gasteiger partial charge in [0, 0.05) is 25.0 Å². The number of nitrogens with one attached hydrogen (secondary N) is 1. The molecule has 2 aromatic rings. The first kappa shape index (κ1) is 22.2. The van der Waals surface area contributed by atoms with Crippen LogP contribution in [0.1, 0.15) is 30.3 Å². The molecule has 0 aliphatic carbocycles. The lowest BCUT2D eigenvalue weighted by Gasteiger charge is -2.32. The van der Waals surface area contributed by atoms with Crippen molar-refractivity contribution in [2.45, 2.75) is 44.6 Å². The van der Waals surface area contributed by atoms with Gasteiger partial charge in [-0.05, 0) is 51.3 Å². The Morgan fingerprint density at radius 2 is 2.00 bits per heavy atom. The molecule has 0 saturated heterocycles. The number of amides is 1. The maximum Gasteiger partial charge on any atom is 0.244 e. The zero-order valence-corrected chi connectivity index (χ0v) is 18.0. The number of nitrogen functional groups attached to an aromatic ring is 1. The van der Waals surface area contributed by atoms with Crippen molar-refractivity contribution < 1.29 is 13.2 Å². The third-order valence-corrected chi connectivity index (χ3v) is 6.76. The van der Waals surface area contributed by atoms with E-state index in [4.69, 9.17) is 5.73 Å². The normalized spacial score (nSPS) is 14.9. The van der Waals surface area contributed by atoms with Crippen molar-refractivity contribution in [2.24, 2.45) is 7.05 Å². The lowest BCUT2D eigenvalue weighted by Crippen LogP contribution is -2.48. The van der Waals surface area contributed by atoms with E-state index < -0.39 is 16.1 Å². The van der Waals surface area contributed by atoms with E-state index in [9.17, 15) is 13.2 Å². The fraction of sp³-hybridized carbons (Fsp3) is 0.444. The van der Waals surface area contributed by atoms with Crippen LogP contribution in [-0.4, -0.2) is 36.7 Å². The SMILES string of the molecule is Cc1nn(C)c(C)c1S(=O)(=O)NC(C)C(=O)N1CCCc2c(N)cccc21.Cl. The largest absolute Gasteiger partial charge is 0.398 e. The summed E-state index contributed by atoms with van der Waals surface area (Å²) >= 11 is 0. The number of nitrogens with two attached hydrogens (primary N) is 1. The lowest BCUT2D eigenvalue weighted by atomic mass is 9.99. The standard InChI is InChI=1S/C18H25N5O3S.ClH/c1-11-17(13(3)22(4)20-11)27(25,26)21-12(2)18(24)23-10-6-7-14-15(19)8-5-9-16(14)23;/h5,8-9,12,21H,6-7,10,19H2,1-4H3;1H. The molecular weight excluding hydrogens is 402 g/mol. The Balaban J connectivity index is 0.00000280. The summed E-state index contributed by atoms with van der Waals surface area (Å²) < 4.78 is 29.7. The van der Waals surface area contributed by atoms with E-state index in [0.717, 1.165) is 24.1 Å². The topological polar surface area (TPSA) is 110 Å². The number of hydrogen-bond donors (Lipinski definition) is 2. The molecular formula is C18H26ClN5O3S. The van der Waals surface area contributed by atoms with E-state index in [-0.39, 0.29) is 23.2 Å². The van der Waals surface area contributed by atoms with E-state index in [1.54, 1.807) is 38.8 Å². The highest BCUT2D eigenvalue weighted by Crippen LogP contribution is 2.31. The second-order valence-electron chi connectivity index (χ2n) is 6.90. The fourth-order valence-corrected chi connectivity index (χ4v) is 5.23. The number of hydrogen-bond acceptors (Lipinski definition) is 5. The Morgan fingerprint density at radius 1 is 1.32 bits per heavy atom. The number of carbonyl (C=O) groups is 1.